The molecule has 2 aromatic rings. The van der Waals surface area contributed by atoms with E-state index in [1.165, 1.54) is 24.7 Å². The number of benzene rings is 1. The van der Waals surface area contributed by atoms with Gasteiger partial charge in [-0.2, -0.15) is 0 Å². The summed E-state index contributed by atoms with van der Waals surface area (Å²) in [5.74, 6) is -3.15. The number of aromatic hydroxyl groups is 1. The van der Waals surface area contributed by atoms with Crippen molar-refractivity contribution >= 4 is 23.7 Å². The number of rotatable bonds is 17. The first-order chi connectivity index (χ1) is 19.0. The van der Waals surface area contributed by atoms with Crippen molar-refractivity contribution in [2.45, 2.75) is 76.5 Å². The number of carbonyl (C=O) groups excluding carboxylic acids is 3. The maximum absolute atomic E-state index is 13.4. The van der Waals surface area contributed by atoms with Crippen LogP contribution in [0.4, 0.5) is 0 Å². The molecule has 0 aliphatic carbocycles. The van der Waals surface area contributed by atoms with Gasteiger partial charge < -0.3 is 42.6 Å². The van der Waals surface area contributed by atoms with Gasteiger partial charge in [-0.25, -0.2) is 9.78 Å². The van der Waals surface area contributed by atoms with E-state index < -0.39 is 47.9 Å². The predicted octanol–water partition coefficient (Wildman–Crippen LogP) is -0.0581. The van der Waals surface area contributed by atoms with Crippen LogP contribution in [-0.2, 0) is 32.0 Å². The van der Waals surface area contributed by atoms with Gasteiger partial charge in [0.15, 0.2) is 0 Å². The molecule has 0 fully saturated rings. The molecular weight excluding hydrogens is 518 g/mol. The van der Waals surface area contributed by atoms with Gasteiger partial charge in [-0.05, 0) is 49.4 Å². The number of hydrogen-bond donors (Lipinski definition) is 8. The third-order valence-electron chi connectivity index (χ3n) is 6.74. The van der Waals surface area contributed by atoms with Crippen molar-refractivity contribution in [1.82, 2.24) is 25.9 Å². The fourth-order valence-electron chi connectivity index (χ4n) is 3.98. The Morgan fingerprint density at radius 3 is 2.15 bits per heavy atom. The maximum atomic E-state index is 13.4. The SMILES string of the molecule is CCC(C)C(N)C(=O)NC(CCCCN)C(=O)NC(Cc1cnc[nH]1)C(=O)NC(Cc1ccc(O)cc1)C(=O)O. The minimum atomic E-state index is -1.30. The second kappa shape index (κ2) is 16.2. The fourth-order valence-corrected chi connectivity index (χ4v) is 3.98. The Labute approximate surface area is 233 Å². The van der Waals surface area contributed by atoms with E-state index in [-0.39, 0.29) is 30.9 Å². The number of amides is 3. The minimum absolute atomic E-state index is 0.00102. The topological polar surface area (TPSA) is 226 Å². The molecule has 0 saturated carbocycles. The van der Waals surface area contributed by atoms with Gasteiger partial charge in [-0.1, -0.05) is 32.4 Å². The number of aromatic nitrogens is 2. The van der Waals surface area contributed by atoms with Crippen molar-refractivity contribution in [3.63, 3.8) is 0 Å². The number of aromatic amines is 1. The van der Waals surface area contributed by atoms with Crippen LogP contribution in [0.25, 0.3) is 0 Å². The second-order valence-electron chi connectivity index (χ2n) is 9.87. The monoisotopic (exact) mass is 559 g/mol. The number of nitrogens with one attached hydrogen (secondary N) is 4. The summed E-state index contributed by atoms with van der Waals surface area (Å²) in [6.45, 7) is 4.17. The lowest BCUT2D eigenvalue weighted by molar-refractivity contribution is -0.142. The van der Waals surface area contributed by atoms with Gasteiger partial charge in [0.2, 0.25) is 17.7 Å². The molecule has 0 radical (unpaired) electrons. The van der Waals surface area contributed by atoms with Crippen molar-refractivity contribution < 1.29 is 29.4 Å². The van der Waals surface area contributed by atoms with Crippen molar-refractivity contribution in [3.05, 3.63) is 48.0 Å². The first-order valence-corrected chi connectivity index (χ1v) is 13.4. The molecule has 0 saturated heterocycles. The quantitative estimate of drug-likeness (QED) is 0.121. The van der Waals surface area contributed by atoms with Crippen LogP contribution < -0.4 is 27.4 Å². The maximum Gasteiger partial charge on any atom is 0.326 e. The van der Waals surface area contributed by atoms with Gasteiger partial charge >= 0.3 is 5.97 Å². The second-order valence-corrected chi connectivity index (χ2v) is 9.87. The Hall–Kier alpha value is -3.97. The molecule has 10 N–H and O–H groups in total. The number of H-pyrrole nitrogens is 1. The molecule has 220 valence electrons. The van der Waals surface area contributed by atoms with Gasteiger partial charge in [-0.15, -0.1) is 0 Å². The average Bonchev–Trinajstić information content (AvgIpc) is 3.45. The van der Waals surface area contributed by atoms with Crippen LogP contribution in [0.15, 0.2) is 36.8 Å². The Morgan fingerprint density at radius 1 is 0.950 bits per heavy atom. The van der Waals surface area contributed by atoms with E-state index in [0.29, 0.717) is 37.1 Å². The number of nitrogens with two attached hydrogens (primary N) is 2. The fraction of sp³-hybridized carbons (Fsp3) is 0.519. The van der Waals surface area contributed by atoms with Crippen LogP contribution in [0.3, 0.4) is 0 Å². The largest absolute Gasteiger partial charge is 0.508 e. The highest BCUT2D eigenvalue weighted by molar-refractivity contribution is 5.94. The van der Waals surface area contributed by atoms with Gasteiger partial charge in [0, 0.05) is 24.7 Å². The van der Waals surface area contributed by atoms with Gasteiger partial charge in [0.05, 0.1) is 12.4 Å². The van der Waals surface area contributed by atoms with Gasteiger partial charge in [-0.3, -0.25) is 14.4 Å². The van der Waals surface area contributed by atoms with E-state index in [4.69, 9.17) is 11.5 Å². The Kier molecular flexibility index (Phi) is 13.1. The number of nitrogens with zero attached hydrogens (tertiary/aromatic N) is 1. The van der Waals surface area contributed by atoms with Crippen LogP contribution >= 0.6 is 0 Å². The lowest BCUT2D eigenvalue weighted by Crippen LogP contribution is -2.58. The summed E-state index contributed by atoms with van der Waals surface area (Å²) >= 11 is 0. The molecule has 0 bridgehead atoms. The summed E-state index contributed by atoms with van der Waals surface area (Å²) in [6, 6.07) is 1.69. The summed E-state index contributed by atoms with van der Waals surface area (Å²) in [5, 5.41) is 27.1. The predicted molar refractivity (Wildman–Crippen MR) is 148 cm³/mol. The summed E-state index contributed by atoms with van der Waals surface area (Å²) in [6.07, 6.45) is 5.01. The zero-order valence-electron chi connectivity index (χ0n) is 22.9. The van der Waals surface area contributed by atoms with Crippen LogP contribution in [0.5, 0.6) is 5.75 Å². The first-order valence-electron chi connectivity index (χ1n) is 13.4. The molecule has 1 aromatic heterocycles. The molecule has 0 aliphatic rings. The third-order valence-corrected chi connectivity index (χ3v) is 6.74. The molecule has 1 heterocycles. The standard InChI is InChI=1S/C27H41N7O6/c1-3-16(2)23(29)26(38)32-20(6-4-5-11-28)24(36)33-21(13-18-14-30-15-31-18)25(37)34-22(27(39)40)12-17-7-9-19(35)10-8-17/h7-10,14-16,20-23,35H,3-6,11-13,28-29H2,1-2H3,(H,30,31)(H,32,38)(H,33,36)(H,34,37)(H,39,40). The number of aliphatic carboxylic acids is 1. The number of hydrogen-bond acceptors (Lipinski definition) is 8. The normalized spacial score (nSPS) is 14.8. The molecule has 0 spiro atoms. The van der Waals surface area contributed by atoms with E-state index in [1.807, 2.05) is 13.8 Å². The number of carbonyl (C=O) groups is 4. The highest BCUT2D eigenvalue weighted by Gasteiger charge is 2.31. The van der Waals surface area contributed by atoms with Crippen LogP contribution in [-0.4, -0.2) is 74.6 Å². The van der Waals surface area contributed by atoms with Crippen LogP contribution in [0.2, 0.25) is 0 Å². The zero-order valence-corrected chi connectivity index (χ0v) is 22.9. The van der Waals surface area contributed by atoms with Gasteiger partial charge in [0.1, 0.15) is 23.9 Å². The molecule has 13 nitrogen and oxygen atoms in total. The molecule has 0 aliphatic heterocycles. The number of phenols is 1. The van der Waals surface area contributed by atoms with E-state index in [9.17, 15) is 29.4 Å². The van der Waals surface area contributed by atoms with Crippen molar-refractivity contribution in [2.24, 2.45) is 17.4 Å². The molecule has 40 heavy (non-hydrogen) atoms. The van der Waals surface area contributed by atoms with E-state index in [2.05, 4.69) is 25.9 Å². The zero-order chi connectivity index (χ0) is 29.7. The minimum Gasteiger partial charge on any atom is -0.508 e. The molecule has 2 rings (SSSR count). The molecule has 5 unspecified atom stereocenters. The van der Waals surface area contributed by atoms with Crippen molar-refractivity contribution in [2.75, 3.05) is 6.54 Å². The van der Waals surface area contributed by atoms with Crippen LogP contribution in [0.1, 0.15) is 50.8 Å². The van der Waals surface area contributed by atoms with E-state index in [0.717, 1.165) is 0 Å². The summed E-state index contributed by atoms with van der Waals surface area (Å²) < 4.78 is 0. The molecular formula is C27H41N7O6. The number of carboxylic acids is 1. The van der Waals surface area contributed by atoms with E-state index in [1.54, 1.807) is 12.1 Å². The molecule has 5 atom stereocenters. The Bertz CT molecular complexity index is 1090. The average molecular weight is 560 g/mol. The summed E-state index contributed by atoms with van der Waals surface area (Å²) in [5.41, 5.74) is 12.8. The smallest absolute Gasteiger partial charge is 0.326 e. The molecule has 3 amide bonds. The molecule has 1 aromatic carbocycles. The van der Waals surface area contributed by atoms with E-state index >= 15 is 0 Å². The first kappa shape index (κ1) is 32.2. The summed E-state index contributed by atoms with van der Waals surface area (Å²) in [7, 11) is 0. The number of imidazole rings is 1. The number of unbranched alkanes of at least 4 members (excludes halogenated alkanes) is 1. The summed E-state index contributed by atoms with van der Waals surface area (Å²) in [4.78, 5) is 58.2. The third kappa shape index (κ3) is 10.3. The van der Waals surface area contributed by atoms with Crippen molar-refractivity contribution in [3.8, 4) is 5.75 Å². The van der Waals surface area contributed by atoms with Gasteiger partial charge in [0.25, 0.3) is 0 Å². The molecule has 13 heteroatoms. The highest BCUT2D eigenvalue weighted by Crippen LogP contribution is 2.12. The number of carboxylic acid groups (broad SMARTS) is 1. The lowest BCUT2D eigenvalue weighted by Gasteiger charge is -2.26. The Balaban J connectivity index is 2.22. The highest BCUT2D eigenvalue weighted by atomic mass is 16.4. The van der Waals surface area contributed by atoms with Crippen molar-refractivity contribution in [1.29, 1.82) is 0 Å². The lowest BCUT2D eigenvalue weighted by atomic mass is 9.98. The Morgan fingerprint density at radius 2 is 1.57 bits per heavy atom. The number of phenolic OH excluding ortho intramolecular Hbond substituents is 1. The van der Waals surface area contributed by atoms with Crippen LogP contribution in [0, 0.1) is 5.92 Å².